The van der Waals surface area contributed by atoms with Crippen LogP contribution in [0.5, 0.6) is 0 Å². The van der Waals surface area contributed by atoms with E-state index in [0.29, 0.717) is 11.8 Å². The quantitative estimate of drug-likeness (QED) is 0.730. The molecule has 1 aromatic heterocycles. The van der Waals surface area contributed by atoms with Crippen molar-refractivity contribution in [3.63, 3.8) is 0 Å². The van der Waals surface area contributed by atoms with Crippen LogP contribution in [-0.4, -0.2) is 9.97 Å². The highest BCUT2D eigenvalue weighted by molar-refractivity contribution is 6.28. The number of hydrogen-bond acceptors (Lipinski definition) is 2. The lowest BCUT2D eigenvalue weighted by Gasteiger charge is -2.11. The molecule has 2 aromatic rings. The van der Waals surface area contributed by atoms with E-state index in [1.54, 1.807) is 31.2 Å². The van der Waals surface area contributed by atoms with E-state index in [9.17, 15) is 13.2 Å². The van der Waals surface area contributed by atoms with Crippen LogP contribution in [0, 0.1) is 6.92 Å². The fraction of sp³-hybridized carbons (Fsp3) is 0.167. The van der Waals surface area contributed by atoms with Gasteiger partial charge in [0.1, 0.15) is 5.56 Å². The van der Waals surface area contributed by atoms with Crippen molar-refractivity contribution in [3.8, 4) is 11.3 Å². The molecule has 1 heterocycles. The van der Waals surface area contributed by atoms with Crippen LogP contribution in [0.15, 0.2) is 30.5 Å². The van der Waals surface area contributed by atoms with Gasteiger partial charge in [-0.15, -0.1) is 0 Å². The van der Waals surface area contributed by atoms with Crippen LogP contribution in [0.1, 0.15) is 11.1 Å². The summed E-state index contributed by atoms with van der Waals surface area (Å²) in [5, 5.41) is -0.209. The van der Waals surface area contributed by atoms with Gasteiger partial charge in [0.25, 0.3) is 0 Å². The molecule has 18 heavy (non-hydrogen) atoms. The molecule has 0 atom stereocenters. The molecule has 0 aliphatic rings. The Kier molecular flexibility index (Phi) is 3.26. The summed E-state index contributed by atoms with van der Waals surface area (Å²) in [6, 6.07) is 6.63. The molecule has 2 rings (SSSR count). The Morgan fingerprint density at radius 1 is 1.22 bits per heavy atom. The van der Waals surface area contributed by atoms with Crippen LogP contribution in [0.2, 0.25) is 5.28 Å². The summed E-state index contributed by atoms with van der Waals surface area (Å²) >= 11 is 5.57. The van der Waals surface area contributed by atoms with Gasteiger partial charge >= 0.3 is 6.18 Å². The summed E-state index contributed by atoms with van der Waals surface area (Å²) in [6.07, 6.45) is -3.81. The average molecular weight is 273 g/mol. The molecule has 0 bridgehead atoms. The fourth-order valence-corrected chi connectivity index (χ4v) is 1.71. The van der Waals surface area contributed by atoms with Crippen molar-refractivity contribution in [2.75, 3.05) is 0 Å². The second-order valence-electron chi connectivity index (χ2n) is 3.77. The van der Waals surface area contributed by atoms with E-state index in [0.717, 1.165) is 5.56 Å². The fourth-order valence-electron chi connectivity index (χ4n) is 1.58. The van der Waals surface area contributed by atoms with Crippen molar-refractivity contribution in [2.24, 2.45) is 0 Å². The average Bonchev–Trinajstić information content (AvgIpc) is 2.27. The van der Waals surface area contributed by atoms with E-state index in [1.807, 2.05) is 0 Å². The number of aryl methyl sites for hydroxylation is 1. The third-order valence-electron chi connectivity index (χ3n) is 2.36. The predicted octanol–water partition coefficient (Wildman–Crippen LogP) is 4.12. The Bertz CT molecular complexity index is 582. The van der Waals surface area contributed by atoms with Crippen molar-refractivity contribution in [1.82, 2.24) is 9.97 Å². The van der Waals surface area contributed by atoms with Crippen molar-refractivity contribution >= 4 is 11.6 Å². The van der Waals surface area contributed by atoms with Gasteiger partial charge in [-0.1, -0.05) is 23.8 Å². The van der Waals surface area contributed by atoms with E-state index >= 15 is 0 Å². The first-order valence-corrected chi connectivity index (χ1v) is 5.42. The van der Waals surface area contributed by atoms with Crippen LogP contribution in [0.25, 0.3) is 11.3 Å². The molecule has 0 unspecified atom stereocenters. The van der Waals surface area contributed by atoms with Crippen molar-refractivity contribution < 1.29 is 13.2 Å². The van der Waals surface area contributed by atoms with Gasteiger partial charge in [-0.2, -0.15) is 13.2 Å². The first kappa shape index (κ1) is 12.8. The SMILES string of the molecule is Cc1cccc(-c2nc(Cl)ncc2C(F)(F)F)c1. The highest BCUT2D eigenvalue weighted by Crippen LogP contribution is 2.36. The third kappa shape index (κ3) is 2.61. The van der Waals surface area contributed by atoms with Crippen LogP contribution >= 0.6 is 11.6 Å². The second kappa shape index (κ2) is 4.57. The first-order chi connectivity index (χ1) is 8.38. The molecular formula is C12H8ClF3N2. The smallest absolute Gasteiger partial charge is 0.226 e. The second-order valence-corrected chi connectivity index (χ2v) is 4.11. The zero-order valence-corrected chi connectivity index (χ0v) is 10.0. The lowest BCUT2D eigenvalue weighted by atomic mass is 10.0. The maximum absolute atomic E-state index is 12.8. The summed E-state index contributed by atoms with van der Waals surface area (Å²) in [5.74, 6) is 0. The maximum atomic E-state index is 12.8. The van der Waals surface area contributed by atoms with Gasteiger partial charge in [0.2, 0.25) is 5.28 Å². The Morgan fingerprint density at radius 2 is 1.94 bits per heavy atom. The van der Waals surface area contributed by atoms with Crippen LogP contribution in [-0.2, 0) is 6.18 Å². The Balaban J connectivity index is 2.66. The largest absolute Gasteiger partial charge is 0.419 e. The number of aromatic nitrogens is 2. The zero-order chi connectivity index (χ0) is 13.3. The normalized spacial score (nSPS) is 11.6. The minimum atomic E-state index is -4.51. The molecular weight excluding hydrogens is 265 g/mol. The molecule has 0 saturated heterocycles. The third-order valence-corrected chi connectivity index (χ3v) is 2.54. The van der Waals surface area contributed by atoms with Gasteiger partial charge in [-0.05, 0) is 24.6 Å². The van der Waals surface area contributed by atoms with Gasteiger partial charge in [0.15, 0.2) is 0 Å². The van der Waals surface area contributed by atoms with Gasteiger partial charge in [-0.25, -0.2) is 9.97 Å². The van der Waals surface area contributed by atoms with Crippen molar-refractivity contribution in [1.29, 1.82) is 0 Å². The van der Waals surface area contributed by atoms with Crippen LogP contribution in [0.4, 0.5) is 13.2 Å². The van der Waals surface area contributed by atoms with E-state index in [2.05, 4.69) is 9.97 Å². The molecule has 94 valence electrons. The minimum Gasteiger partial charge on any atom is -0.226 e. The summed E-state index contributed by atoms with van der Waals surface area (Å²) in [7, 11) is 0. The predicted molar refractivity (Wildman–Crippen MR) is 62.2 cm³/mol. The molecule has 0 saturated carbocycles. The molecule has 0 spiro atoms. The van der Waals surface area contributed by atoms with Crippen molar-refractivity contribution in [2.45, 2.75) is 13.1 Å². The minimum absolute atomic E-state index is 0.203. The number of rotatable bonds is 1. The summed E-state index contributed by atoms with van der Waals surface area (Å²) < 4.78 is 38.5. The van der Waals surface area contributed by atoms with E-state index in [-0.39, 0.29) is 11.0 Å². The molecule has 0 radical (unpaired) electrons. The number of alkyl halides is 3. The lowest BCUT2D eigenvalue weighted by molar-refractivity contribution is -0.137. The molecule has 1 aromatic carbocycles. The molecule has 0 aliphatic carbocycles. The molecule has 0 N–H and O–H groups in total. The highest BCUT2D eigenvalue weighted by atomic mass is 35.5. The standard InChI is InChI=1S/C12H8ClF3N2/c1-7-3-2-4-8(5-7)10-9(12(14,15)16)6-17-11(13)18-10/h2-6H,1H3. The highest BCUT2D eigenvalue weighted by Gasteiger charge is 2.35. The number of hydrogen-bond donors (Lipinski definition) is 0. The van der Waals surface area contributed by atoms with E-state index in [1.165, 1.54) is 0 Å². The Hall–Kier alpha value is -1.62. The summed E-state index contributed by atoms with van der Waals surface area (Å²) in [6.45, 7) is 1.79. The van der Waals surface area contributed by atoms with Gasteiger partial charge in [0.05, 0.1) is 5.69 Å². The van der Waals surface area contributed by atoms with E-state index in [4.69, 9.17) is 11.6 Å². The summed E-state index contributed by atoms with van der Waals surface area (Å²) in [4.78, 5) is 7.07. The van der Waals surface area contributed by atoms with Gasteiger partial charge in [-0.3, -0.25) is 0 Å². The van der Waals surface area contributed by atoms with Crippen LogP contribution in [0.3, 0.4) is 0 Å². The van der Waals surface area contributed by atoms with Crippen LogP contribution < -0.4 is 0 Å². The lowest BCUT2D eigenvalue weighted by Crippen LogP contribution is -2.09. The van der Waals surface area contributed by atoms with E-state index < -0.39 is 11.7 Å². The number of benzene rings is 1. The molecule has 0 fully saturated rings. The zero-order valence-electron chi connectivity index (χ0n) is 9.29. The molecule has 2 nitrogen and oxygen atoms in total. The first-order valence-electron chi connectivity index (χ1n) is 5.04. The van der Waals surface area contributed by atoms with Gasteiger partial charge in [0, 0.05) is 11.8 Å². The summed E-state index contributed by atoms with van der Waals surface area (Å²) in [5.41, 5.74) is 0.116. The Morgan fingerprint density at radius 3 is 2.56 bits per heavy atom. The van der Waals surface area contributed by atoms with Crippen molar-refractivity contribution in [3.05, 3.63) is 46.9 Å². The van der Waals surface area contributed by atoms with Gasteiger partial charge < -0.3 is 0 Å². The Labute approximate surface area is 106 Å². The monoisotopic (exact) mass is 272 g/mol. The number of nitrogens with zero attached hydrogens (tertiary/aromatic N) is 2. The molecule has 6 heteroatoms. The topological polar surface area (TPSA) is 25.8 Å². The maximum Gasteiger partial charge on any atom is 0.419 e. The number of halogens is 4. The molecule has 0 amide bonds. The molecule has 0 aliphatic heterocycles.